The van der Waals surface area contributed by atoms with Crippen molar-refractivity contribution in [2.45, 2.75) is 13.0 Å². The zero-order valence-corrected chi connectivity index (χ0v) is 3.73. The minimum absolute atomic E-state index is 0.525. The molecule has 1 nitrogen and oxygen atoms in total. The molecular weight excluding hydrogens is 76.1 g/mol. The summed E-state index contributed by atoms with van der Waals surface area (Å²) in [5.74, 6) is 4.72. The molecule has 0 aromatic rings. The summed E-state index contributed by atoms with van der Waals surface area (Å²) in [6.45, 7) is 4.80. The van der Waals surface area contributed by atoms with Gasteiger partial charge in [0.05, 0.1) is 0 Å². The third-order valence-corrected chi connectivity index (χ3v) is 0.311. The molecule has 0 fully saturated rings. The van der Waals surface area contributed by atoms with Crippen LogP contribution in [0.25, 0.3) is 0 Å². The van der Waals surface area contributed by atoms with E-state index >= 15 is 0 Å². The summed E-state index contributed by atoms with van der Waals surface area (Å²) in [7, 11) is 0. The molecule has 0 saturated carbocycles. The van der Waals surface area contributed by atoms with Crippen molar-refractivity contribution in [2.24, 2.45) is 0 Å². The van der Waals surface area contributed by atoms with Crippen molar-refractivity contribution in [3.05, 3.63) is 6.92 Å². The number of hydrogen-bond donors (Lipinski definition) is 1. The molecule has 1 heteroatoms. The third-order valence-electron chi connectivity index (χ3n) is 0.311. The molecular formula is C5H7O. The van der Waals surface area contributed by atoms with Crippen LogP contribution in [-0.4, -0.2) is 11.2 Å². The van der Waals surface area contributed by atoms with E-state index in [-0.39, 0.29) is 0 Å². The smallest absolute Gasteiger partial charge is 0.111 e. The second kappa shape index (κ2) is 2.74. The highest BCUT2D eigenvalue weighted by Crippen LogP contribution is 1.69. The highest BCUT2D eigenvalue weighted by Gasteiger charge is 1.77. The van der Waals surface area contributed by atoms with Gasteiger partial charge in [0.2, 0.25) is 0 Å². The molecule has 0 unspecified atom stereocenters. The maximum absolute atomic E-state index is 8.34. The van der Waals surface area contributed by atoms with Gasteiger partial charge >= 0.3 is 0 Å². The first-order valence-electron chi connectivity index (χ1n) is 1.73. The number of rotatable bonds is 0. The first-order chi connectivity index (χ1) is 2.77. The highest BCUT2D eigenvalue weighted by molar-refractivity contribution is 5.04. The van der Waals surface area contributed by atoms with Gasteiger partial charge in [-0.1, -0.05) is 11.8 Å². The summed E-state index contributed by atoms with van der Waals surface area (Å²) in [6.07, 6.45) is -0.525. The molecule has 0 saturated heterocycles. The summed E-state index contributed by atoms with van der Waals surface area (Å²) >= 11 is 0. The maximum atomic E-state index is 8.34. The lowest BCUT2D eigenvalue weighted by Crippen LogP contribution is -1.91. The molecule has 1 radical (unpaired) electrons. The predicted molar refractivity (Wildman–Crippen MR) is 24.8 cm³/mol. The SMILES string of the molecule is [CH2]C#C[C@H](C)O. The Morgan fingerprint density at radius 1 is 1.83 bits per heavy atom. The van der Waals surface area contributed by atoms with E-state index in [9.17, 15) is 0 Å². The Bertz CT molecular complexity index is 73.7. The van der Waals surface area contributed by atoms with Crippen LogP contribution in [0.4, 0.5) is 0 Å². The van der Waals surface area contributed by atoms with Gasteiger partial charge in [-0.15, -0.1) is 0 Å². The molecule has 0 aromatic heterocycles. The fourth-order valence-electron chi connectivity index (χ4n) is 0.148. The molecule has 0 heterocycles. The number of hydrogen-bond acceptors (Lipinski definition) is 1. The minimum Gasteiger partial charge on any atom is -0.381 e. The first-order valence-corrected chi connectivity index (χ1v) is 1.73. The lowest BCUT2D eigenvalue weighted by atomic mass is 10.4. The molecule has 0 rings (SSSR count). The standard InChI is InChI=1S/C5H7O/c1-3-4-5(2)6/h5-6H,1H2,2H3/t5-/m0/s1. The summed E-state index contributed by atoms with van der Waals surface area (Å²) in [4.78, 5) is 0. The average Bonchev–Trinajstić information content (AvgIpc) is 1.35. The summed E-state index contributed by atoms with van der Waals surface area (Å²) in [6, 6.07) is 0. The molecule has 0 spiro atoms. The lowest BCUT2D eigenvalue weighted by Gasteiger charge is -1.82. The van der Waals surface area contributed by atoms with Gasteiger partial charge in [0.15, 0.2) is 0 Å². The largest absolute Gasteiger partial charge is 0.381 e. The highest BCUT2D eigenvalue weighted by atomic mass is 16.3. The lowest BCUT2D eigenvalue weighted by molar-refractivity contribution is 0.253. The van der Waals surface area contributed by atoms with Crippen LogP contribution in [-0.2, 0) is 0 Å². The van der Waals surface area contributed by atoms with Crippen molar-refractivity contribution in [3.8, 4) is 11.8 Å². The van der Waals surface area contributed by atoms with Gasteiger partial charge in [-0.2, -0.15) is 0 Å². The van der Waals surface area contributed by atoms with Crippen LogP contribution < -0.4 is 0 Å². The molecule has 1 atom stereocenters. The van der Waals surface area contributed by atoms with Gasteiger partial charge in [0, 0.05) is 6.92 Å². The van der Waals surface area contributed by atoms with Crippen molar-refractivity contribution >= 4 is 0 Å². The Morgan fingerprint density at radius 2 is 2.33 bits per heavy atom. The van der Waals surface area contributed by atoms with E-state index in [1.165, 1.54) is 0 Å². The van der Waals surface area contributed by atoms with Gasteiger partial charge < -0.3 is 5.11 Å². The van der Waals surface area contributed by atoms with Crippen molar-refractivity contribution in [1.29, 1.82) is 0 Å². The monoisotopic (exact) mass is 83.0 g/mol. The summed E-state index contributed by atoms with van der Waals surface area (Å²) in [5, 5.41) is 8.34. The van der Waals surface area contributed by atoms with Gasteiger partial charge in [-0.25, -0.2) is 0 Å². The van der Waals surface area contributed by atoms with Crippen LogP contribution in [0.5, 0.6) is 0 Å². The van der Waals surface area contributed by atoms with E-state index in [0.29, 0.717) is 0 Å². The molecule has 0 aliphatic carbocycles. The van der Waals surface area contributed by atoms with E-state index in [4.69, 9.17) is 5.11 Å². The molecule has 0 aromatic carbocycles. The summed E-state index contributed by atoms with van der Waals surface area (Å²) < 4.78 is 0. The van der Waals surface area contributed by atoms with Crippen molar-refractivity contribution < 1.29 is 5.11 Å². The van der Waals surface area contributed by atoms with Crippen molar-refractivity contribution in [2.75, 3.05) is 0 Å². The van der Waals surface area contributed by atoms with Gasteiger partial charge in [-0.3, -0.25) is 0 Å². The predicted octanol–water partition coefficient (Wildman–Crippen LogP) is 0.205. The van der Waals surface area contributed by atoms with Gasteiger partial charge in [-0.05, 0) is 6.92 Å². The Labute approximate surface area is 38.0 Å². The average molecular weight is 83.1 g/mol. The molecule has 33 valence electrons. The van der Waals surface area contributed by atoms with E-state index in [1.54, 1.807) is 6.92 Å². The van der Waals surface area contributed by atoms with Crippen molar-refractivity contribution in [1.82, 2.24) is 0 Å². The molecule has 0 bridgehead atoms. The van der Waals surface area contributed by atoms with Crippen molar-refractivity contribution in [3.63, 3.8) is 0 Å². The maximum Gasteiger partial charge on any atom is 0.111 e. The van der Waals surface area contributed by atoms with Crippen LogP contribution in [0.1, 0.15) is 6.92 Å². The fourth-order valence-corrected chi connectivity index (χ4v) is 0.148. The zero-order valence-electron chi connectivity index (χ0n) is 3.73. The molecule has 1 N–H and O–H groups in total. The van der Waals surface area contributed by atoms with E-state index < -0.39 is 6.10 Å². The Kier molecular flexibility index (Phi) is 2.52. The third kappa shape index (κ3) is 3.52. The van der Waals surface area contributed by atoms with Crippen LogP contribution >= 0.6 is 0 Å². The van der Waals surface area contributed by atoms with E-state index in [2.05, 4.69) is 18.8 Å². The Morgan fingerprint density at radius 3 is 2.33 bits per heavy atom. The number of aliphatic hydroxyl groups excluding tert-OH is 1. The topological polar surface area (TPSA) is 20.2 Å². The van der Waals surface area contributed by atoms with Crippen LogP contribution in [0.2, 0.25) is 0 Å². The minimum atomic E-state index is -0.525. The number of aliphatic hydroxyl groups is 1. The first kappa shape index (κ1) is 5.52. The Hall–Kier alpha value is -0.480. The molecule has 0 aliphatic heterocycles. The van der Waals surface area contributed by atoms with E-state index in [0.717, 1.165) is 0 Å². The molecule has 0 amide bonds. The van der Waals surface area contributed by atoms with Crippen LogP contribution in [0.15, 0.2) is 0 Å². The van der Waals surface area contributed by atoms with Gasteiger partial charge in [0.25, 0.3) is 0 Å². The second-order valence-corrected chi connectivity index (χ2v) is 0.997. The van der Waals surface area contributed by atoms with Crippen LogP contribution in [0, 0.1) is 18.8 Å². The van der Waals surface area contributed by atoms with Gasteiger partial charge in [0.1, 0.15) is 6.10 Å². The second-order valence-electron chi connectivity index (χ2n) is 0.997. The van der Waals surface area contributed by atoms with E-state index in [1.807, 2.05) is 0 Å². The van der Waals surface area contributed by atoms with Crippen LogP contribution in [0.3, 0.4) is 0 Å². The molecule has 6 heavy (non-hydrogen) atoms. The fraction of sp³-hybridized carbons (Fsp3) is 0.400. The Balaban J connectivity index is 3.20. The zero-order chi connectivity index (χ0) is 4.99. The summed E-state index contributed by atoms with van der Waals surface area (Å²) in [5.41, 5.74) is 0. The molecule has 0 aliphatic rings. The normalized spacial score (nSPS) is 11.8. The quantitative estimate of drug-likeness (QED) is 0.415.